The van der Waals surface area contributed by atoms with Gasteiger partial charge in [-0.05, 0) is 42.2 Å². The lowest BCUT2D eigenvalue weighted by Crippen LogP contribution is -2.40. The van der Waals surface area contributed by atoms with E-state index in [1.54, 1.807) is 12.3 Å². The fourth-order valence-corrected chi connectivity index (χ4v) is 5.11. The number of anilines is 1. The number of aromatic nitrogens is 2. The molecule has 2 aliphatic rings. The van der Waals surface area contributed by atoms with Gasteiger partial charge in [0.25, 0.3) is 5.91 Å². The van der Waals surface area contributed by atoms with E-state index in [0.29, 0.717) is 47.6 Å². The number of amides is 2. The zero-order valence-corrected chi connectivity index (χ0v) is 22.8. The van der Waals surface area contributed by atoms with Crippen LogP contribution in [0, 0.1) is 0 Å². The minimum atomic E-state index is -0.564. The molecule has 11 heteroatoms. The van der Waals surface area contributed by atoms with Crippen molar-refractivity contribution in [2.45, 2.75) is 31.5 Å². The lowest BCUT2D eigenvalue weighted by atomic mass is 10.0. The molecule has 3 heterocycles. The van der Waals surface area contributed by atoms with Crippen LogP contribution < -0.4 is 10.6 Å². The Morgan fingerprint density at radius 2 is 1.97 bits per heavy atom. The van der Waals surface area contributed by atoms with Crippen LogP contribution in [-0.2, 0) is 16.1 Å². The Balaban J connectivity index is 1.27. The summed E-state index contributed by atoms with van der Waals surface area (Å²) in [5.74, 6) is -0.117. The lowest BCUT2D eigenvalue weighted by Gasteiger charge is -2.23. The first-order valence-electron chi connectivity index (χ1n) is 12.4. The number of aliphatic hydroxyl groups excluding tert-OH is 1. The molecular weight excluding hydrogens is 574 g/mol. The molecule has 3 aromatic rings. The molecule has 1 atom stereocenters. The number of rotatable bonds is 8. The Bertz CT molecular complexity index is 1330. The molecule has 2 amide bonds. The maximum absolute atomic E-state index is 13.2. The maximum atomic E-state index is 13.2. The van der Waals surface area contributed by atoms with E-state index in [4.69, 9.17) is 16.3 Å². The monoisotopic (exact) mass is 599 g/mol. The standard InChI is InChI=1S/C27H27BrClN5O4/c28-19-5-3-16(4-6-19)23(15-35)32-24(36)14-34-13-18-2-1-17(11-21(18)26(34)37)25-22(29)12-30-27(33-25)31-20-7-9-38-10-8-20/h1-6,11-12,20,23,35H,7-10,13-15H2,(H,32,36)(H,30,31,33)/t23-/m1/s1. The van der Waals surface area contributed by atoms with Gasteiger partial charge in [-0.15, -0.1) is 0 Å². The van der Waals surface area contributed by atoms with Gasteiger partial charge in [-0.1, -0.05) is 51.8 Å². The fraction of sp³-hybridized carbons (Fsp3) is 0.333. The fourth-order valence-electron chi connectivity index (χ4n) is 4.64. The Hall–Kier alpha value is -3.05. The highest BCUT2D eigenvalue weighted by Gasteiger charge is 2.30. The quantitative estimate of drug-likeness (QED) is 0.358. The number of hydrogen-bond acceptors (Lipinski definition) is 7. The number of carbonyl (C=O) groups is 2. The van der Waals surface area contributed by atoms with Crippen molar-refractivity contribution in [3.8, 4) is 11.3 Å². The lowest BCUT2D eigenvalue weighted by molar-refractivity contribution is -0.122. The van der Waals surface area contributed by atoms with Gasteiger partial charge in [-0.25, -0.2) is 9.97 Å². The summed E-state index contributed by atoms with van der Waals surface area (Å²) < 4.78 is 6.31. The first-order chi connectivity index (χ1) is 18.4. The van der Waals surface area contributed by atoms with Gasteiger partial charge in [0.05, 0.1) is 29.6 Å². The number of benzene rings is 2. The summed E-state index contributed by atoms with van der Waals surface area (Å²) in [7, 11) is 0. The van der Waals surface area contributed by atoms with Crippen LogP contribution in [0.3, 0.4) is 0 Å². The molecule has 198 valence electrons. The smallest absolute Gasteiger partial charge is 0.254 e. The molecule has 1 fully saturated rings. The van der Waals surface area contributed by atoms with Gasteiger partial charge in [0, 0.05) is 41.4 Å². The molecule has 38 heavy (non-hydrogen) atoms. The zero-order chi connectivity index (χ0) is 26.6. The van der Waals surface area contributed by atoms with Crippen LogP contribution in [0.5, 0.6) is 0 Å². The number of halogens is 2. The summed E-state index contributed by atoms with van der Waals surface area (Å²) in [6, 6.07) is 12.5. The average Bonchev–Trinajstić information content (AvgIpc) is 3.23. The maximum Gasteiger partial charge on any atom is 0.254 e. The SMILES string of the molecule is O=C(CN1Cc2ccc(-c3nc(NC4CCOCC4)ncc3Cl)cc2C1=O)N[C@H](CO)c1ccc(Br)cc1. The van der Waals surface area contributed by atoms with Gasteiger partial charge in [-0.3, -0.25) is 9.59 Å². The van der Waals surface area contributed by atoms with E-state index in [1.807, 2.05) is 36.4 Å². The van der Waals surface area contributed by atoms with Crippen molar-refractivity contribution in [3.63, 3.8) is 0 Å². The zero-order valence-electron chi connectivity index (χ0n) is 20.5. The minimum absolute atomic E-state index is 0.122. The Kier molecular flexibility index (Phi) is 8.23. The van der Waals surface area contributed by atoms with Gasteiger partial charge in [0.2, 0.25) is 11.9 Å². The van der Waals surface area contributed by atoms with Crippen molar-refractivity contribution >= 4 is 45.3 Å². The first-order valence-corrected chi connectivity index (χ1v) is 13.5. The van der Waals surface area contributed by atoms with Gasteiger partial charge < -0.3 is 25.4 Å². The molecular formula is C27H27BrClN5O4. The van der Waals surface area contributed by atoms with Crippen LogP contribution in [0.25, 0.3) is 11.3 Å². The molecule has 1 saturated heterocycles. The predicted octanol–water partition coefficient (Wildman–Crippen LogP) is 3.96. The highest BCUT2D eigenvalue weighted by atomic mass is 79.9. The summed E-state index contributed by atoms with van der Waals surface area (Å²) in [4.78, 5) is 36.4. The largest absolute Gasteiger partial charge is 0.394 e. The van der Waals surface area contributed by atoms with Gasteiger partial charge in [-0.2, -0.15) is 0 Å². The highest BCUT2D eigenvalue weighted by molar-refractivity contribution is 9.10. The van der Waals surface area contributed by atoms with Crippen LogP contribution >= 0.6 is 27.5 Å². The van der Waals surface area contributed by atoms with E-state index in [2.05, 4.69) is 36.5 Å². The molecule has 1 aromatic heterocycles. The number of nitrogens with zero attached hydrogens (tertiary/aromatic N) is 3. The second-order valence-electron chi connectivity index (χ2n) is 9.31. The third kappa shape index (κ3) is 5.99. The molecule has 2 aromatic carbocycles. The number of aliphatic hydroxyl groups is 1. The highest BCUT2D eigenvalue weighted by Crippen LogP contribution is 2.31. The second kappa shape index (κ2) is 11.8. The number of fused-ring (bicyclic) bond motifs is 1. The van der Waals surface area contributed by atoms with Crippen molar-refractivity contribution in [3.05, 3.63) is 74.8 Å². The first kappa shape index (κ1) is 26.6. The van der Waals surface area contributed by atoms with E-state index >= 15 is 0 Å². The molecule has 0 aliphatic carbocycles. The molecule has 0 spiro atoms. The molecule has 2 aliphatic heterocycles. The van der Waals surface area contributed by atoms with Gasteiger partial charge >= 0.3 is 0 Å². The van der Waals surface area contributed by atoms with Gasteiger partial charge in [0.1, 0.15) is 6.54 Å². The summed E-state index contributed by atoms with van der Waals surface area (Å²) in [6.45, 7) is 1.34. The number of ether oxygens (including phenoxy) is 1. The van der Waals surface area contributed by atoms with Crippen LogP contribution in [0.4, 0.5) is 5.95 Å². The third-order valence-corrected chi connectivity index (χ3v) is 7.49. The molecule has 0 saturated carbocycles. The normalized spacial score (nSPS) is 16.3. The van der Waals surface area contributed by atoms with Crippen LogP contribution in [0.15, 0.2) is 53.1 Å². The summed E-state index contributed by atoms with van der Waals surface area (Å²) >= 11 is 9.81. The van der Waals surface area contributed by atoms with Crippen molar-refractivity contribution < 1.29 is 19.4 Å². The molecule has 0 bridgehead atoms. The Morgan fingerprint density at radius 3 is 2.71 bits per heavy atom. The molecule has 0 radical (unpaired) electrons. The summed E-state index contributed by atoms with van der Waals surface area (Å²) in [6.07, 6.45) is 3.31. The van der Waals surface area contributed by atoms with Crippen molar-refractivity contribution in [1.29, 1.82) is 0 Å². The predicted molar refractivity (Wildman–Crippen MR) is 147 cm³/mol. The number of carbonyl (C=O) groups excluding carboxylic acids is 2. The molecule has 3 N–H and O–H groups in total. The Labute approximate surface area is 233 Å². The van der Waals surface area contributed by atoms with Crippen molar-refractivity contribution in [2.75, 3.05) is 31.7 Å². The van der Waals surface area contributed by atoms with E-state index in [0.717, 1.165) is 28.4 Å². The minimum Gasteiger partial charge on any atom is -0.394 e. The van der Waals surface area contributed by atoms with E-state index < -0.39 is 6.04 Å². The van der Waals surface area contributed by atoms with Crippen LogP contribution in [-0.4, -0.2) is 64.2 Å². The van der Waals surface area contributed by atoms with E-state index in [-0.39, 0.29) is 31.0 Å². The summed E-state index contributed by atoms with van der Waals surface area (Å²) in [5.41, 5.74) is 3.33. The molecule has 5 rings (SSSR count). The van der Waals surface area contributed by atoms with Crippen molar-refractivity contribution in [1.82, 2.24) is 20.2 Å². The topological polar surface area (TPSA) is 117 Å². The van der Waals surface area contributed by atoms with Gasteiger partial charge in [0.15, 0.2) is 0 Å². The van der Waals surface area contributed by atoms with E-state index in [1.165, 1.54) is 4.90 Å². The second-order valence-corrected chi connectivity index (χ2v) is 10.6. The molecule has 0 unspecified atom stereocenters. The molecule has 9 nitrogen and oxygen atoms in total. The van der Waals surface area contributed by atoms with Crippen molar-refractivity contribution in [2.24, 2.45) is 0 Å². The Morgan fingerprint density at radius 1 is 1.21 bits per heavy atom. The number of hydrogen-bond donors (Lipinski definition) is 3. The number of nitrogens with one attached hydrogen (secondary N) is 2. The van der Waals surface area contributed by atoms with Crippen LogP contribution in [0.1, 0.15) is 40.4 Å². The van der Waals surface area contributed by atoms with E-state index in [9.17, 15) is 14.7 Å². The average molecular weight is 601 g/mol. The van der Waals surface area contributed by atoms with Crippen LogP contribution in [0.2, 0.25) is 5.02 Å². The third-order valence-electron chi connectivity index (χ3n) is 6.69. The summed E-state index contributed by atoms with van der Waals surface area (Å²) in [5, 5.41) is 16.3.